The molecule has 0 bridgehead atoms. The number of anilines is 1. The predicted octanol–water partition coefficient (Wildman–Crippen LogP) is 1.83. The van der Waals surface area contributed by atoms with Crippen molar-refractivity contribution in [1.82, 2.24) is 0 Å². The maximum atomic E-state index is 11.3. The molecule has 0 fully saturated rings. The molecule has 1 unspecified atom stereocenters. The number of hydrogen-bond donors (Lipinski definition) is 3. The first-order chi connectivity index (χ1) is 8.75. The van der Waals surface area contributed by atoms with Crippen molar-refractivity contribution in [2.45, 2.75) is 38.8 Å². The van der Waals surface area contributed by atoms with Gasteiger partial charge < -0.3 is 15.9 Å². The van der Waals surface area contributed by atoms with Crippen molar-refractivity contribution in [3.63, 3.8) is 0 Å². The summed E-state index contributed by atoms with van der Waals surface area (Å²) in [5.41, 5.74) is 6.76. The minimum absolute atomic E-state index is 0.0645. The molecular weight excluding hydrogens is 244 g/mol. The lowest BCUT2D eigenvalue weighted by Crippen LogP contribution is -2.45. The highest BCUT2D eigenvalue weighted by molar-refractivity contribution is 5.87. The van der Waals surface area contributed by atoms with Crippen molar-refractivity contribution in [1.29, 1.82) is 0 Å². The van der Waals surface area contributed by atoms with E-state index >= 15 is 0 Å². The third kappa shape index (κ3) is 4.22. The van der Waals surface area contributed by atoms with Gasteiger partial charge in [0.15, 0.2) is 0 Å². The van der Waals surface area contributed by atoms with E-state index < -0.39 is 11.6 Å². The maximum Gasteiger partial charge on any atom is 0.412 e. The van der Waals surface area contributed by atoms with Crippen LogP contribution in [0, 0.1) is 0 Å². The predicted molar refractivity (Wildman–Crippen MR) is 75.5 cm³/mol. The zero-order chi connectivity index (χ0) is 14.6. The van der Waals surface area contributed by atoms with E-state index in [4.69, 9.17) is 10.8 Å². The van der Waals surface area contributed by atoms with Crippen LogP contribution in [0.25, 0.3) is 0 Å². The number of rotatable bonds is 4. The zero-order valence-corrected chi connectivity index (χ0v) is 11.6. The van der Waals surface area contributed by atoms with Crippen LogP contribution in [-0.4, -0.2) is 34.5 Å². The molecule has 1 atom stereocenters. The number of hydrogen-bond acceptors (Lipinski definition) is 3. The van der Waals surface area contributed by atoms with Crippen molar-refractivity contribution in [3.05, 3.63) is 29.8 Å². The van der Waals surface area contributed by atoms with Gasteiger partial charge in [-0.25, -0.2) is 4.79 Å². The van der Waals surface area contributed by atoms with Crippen molar-refractivity contribution in [3.8, 4) is 0 Å². The Hall–Kier alpha value is -1.59. The van der Waals surface area contributed by atoms with Crippen molar-refractivity contribution >= 4 is 11.8 Å². The van der Waals surface area contributed by atoms with Gasteiger partial charge in [-0.05, 0) is 44.9 Å². The van der Waals surface area contributed by atoms with E-state index in [2.05, 4.69) is 0 Å². The molecule has 1 aromatic rings. The summed E-state index contributed by atoms with van der Waals surface area (Å²) >= 11 is 0. The minimum atomic E-state index is -0.979. The SMILES string of the molecule is CC(C)(C)N(C(=O)O)c1ccc(CC(N)CO)cc1. The summed E-state index contributed by atoms with van der Waals surface area (Å²) in [6.45, 7) is 5.47. The Labute approximate surface area is 113 Å². The number of amides is 1. The van der Waals surface area contributed by atoms with Crippen molar-refractivity contribution < 1.29 is 15.0 Å². The molecule has 0 radical (unpaired) electrons. The lowest BCUT2D eigenvalue weighted by atomic mass is 10.0. The summed E-state index contributed by atoms with van der Waals surface area (Å²) in [6.07, 6.45) is -0.411. The molecule has 1 rings (SSSR count). The highest BCUT2D eigenvalue weighted by Crippen LogP contribution is 2.24. The first kappa shape index (κ1) is 15.5. The molecule has 5 nitrogen and oxygen atoms in total. The Balaban J connectivity index is 2.93. The summed E-state index contributed by atoms with van der Waals surface area (Å²) in [7, 11) is 0. The summed E-state index contributed by atoms with van der Waals surface area (Å²) in [4.78, 5) is 12.7. The monoisotopic (exact) mass is 266 g/mol. The number of carboxylic acid groups (broad SMARTS) is 1. The molecule has 1 aromatic carbocycles. The fourth-order valence-electron chi connectivity index (χ4n) is 1.93. The molecule has 4 N–H and O–H groups in total. The summed E-state index contributed by atoms with van der Waals surface area (Å²) in [5, 5.41) is 18.2. The van der Waals surface area contributed by atoms with Crippen LogP contribution in [0.15, 0.2) is 24.3 Å². The molecule has 19 heavy (non-hydrogen) atoms. The van der Waals surface area contributed by atoms with Crippen LogP contribution in [0.4, 0.5) is 10.5 Å². The van der Waals surface area contributed by atoms with E-state index in [0.29, 0.717) is 12.1 Å². The lowest BCUT2D eigenvalue weighted by molar-refractivity contribution is 0.195. The number of nitrogens with two attached hydrogens (primary N) is 1. The Kier molecular flexibility index (Phi) is 4.91. The van der Waals surface area contributed by atoms with Crippen LogP contribution < -0.4 is 10.6 Å². The summed E-state index contributed by atoms with van der Waals surface area (Å²) in [6, 6.07) is 6.92. The fourth-order valence-corrected chi connectivity index (χ4v) is 1.93. The number of carbonyl (C=O) groups is 1. The van der Waals surface area contributed by atoms with Gasteiger partial charge in [-0.1, -0.05) is 12.1 Å². The van der Waals surface area contributed by atoms with Gasteiger partial charge in [0.25, 0.3) is 0 Å². The van der Waals surface area contributed by atoms with Gasteiger partial charge in [0, 0.05) is 17.3 Å². The van der Waals surface area contributed by atoms with Crippen molar-refractivity contribution in [2.24, 2.45) is 5.73 Å². The number of aliphatic hydroxyl groups is 1. The molecular formula is C14H22N2O3. The number of aliphatic hydroxyl groups excluding tert-OH is 1. The van der Waals surface area contributed by atoms with Crippen LogP contribution in [0.1, 0.15) is 26.3 Å². The third-order valence-electron chi connectivity index (χ3n) is 2.79. The summed E-state index contributed by atoms with van der Waals surface area (Å²) < 4.78 is 0. The van der Waals surface area contributed by atoms with E-state index in [-0.39, 0.29) is 12.6 Å². The molecule has 0 aliphatic rings. The number of nitrogens with zero attached hydrogens (tertiary/aromatic N) is 1. The Bertz CT molecular complexity index is 423. The smallest absolute Gasteiger partial charge is 0.412 e. The van der Waals surface area contributed by atoms with Crippen LogP contribution in [0.2, 0.25) is 0 Å². The van der Waals surface area contributed by atoms with Crippen LogP contribution in [-0.2, 0) is 6.42 Å². The molecule has 1 amide bonds. The van der Waals surface area contributed by atoms with Gasteiger partial charge in [-0.2, -0.15) is 0 Å². The fraction of sp³-hybridized carbons (Fsp3) is 0.500. The first-order valence-electron chi connectivity index (χ1n) is 6.24. The van der Waals surface area contributed by atoms with Gasteiger partial charge in [-0.3, -0.25) is 4.90 Å². The minimum Gasteiger partial charge on any atom is -0.465 e. The zero-order valence-electron chi connectivity index (χ0n) is 11.6. The Morgan fingerprint density at radius 2 is 1.84 bits per heavy atom. The van der Waals surface area contributed by atoms with Crippen molar-refractivity contribution in [2.75, 3.05) is 11.5 Å². The molecule has 0 aliphatic heterocycles. The van der Waals surface area contributed by atoms with Gasteiger partial charge in [0.2, 0.25) is 0 Å². The van der Waals surface area contributed by atoms with Gasteiger partial charge in [-0.15, -0.1) is 0 Å². The molecule has 106 valence electrons. The Morgan fingerprint density at radius 1 is 1.32 bits per heavy atom. The van der Waals surface area contributed by atoms with Crippen LogP contribution >= 0.6 is 0 Å². The average Bonchev–Trinajstić information content (AvgIpc) is 2.29. The molecule has 0 heterocycles. The first-order valence-corrected chi connectivity index (χ1v) is 6.24. The van der Waals surface area contributed by atoms with Gasteiger partial charge >= 0.3 is 6.09 Å². The summed E-state index contributed by atoms with van der Waals surface area (Å²) in [5.74, 6) is 0. The highest BCUT2D eigenvalue weighted by atomic mass is 16.4. The standard InChI is InChI=1S/C14H22N2O3/c1-14(2,3)16(13(18)19)12-6-4-10(5-7-12)8-11(15)9-17/h4-7,11,17H,8-9,15H2,1-3H3,(H,18,19). The largest absolute Gasteiger partial charge is 0.465 e. The quantitative estimate of drug-likeness (QED) is 0.776. The Morgan fingerprint density at radius 3 is 2.21 bits per heavy atom. The second-order valence-corrected chi connectivity index (χ2v) is 5.60. The highest BCUT2D eigenvalue weighted by Gasteiger charge is 2.27. The number of benzene rings is 1. The molecule has 5 heteroatoms. The average molecular weight is 266 g/mol. The molecule has 0 saturated heterocycles. The van der Waals surface area contributed by atoms with Crippen LogP contribution in [0.5, 0.6) is 0 Å². The second-order valence-electron chi connectivity index (χ2n) is 5.60. The van der Waals surface area contributed by atoms with E-state index in [9.17, 15) is 9.90 Å². The molecule has 0 saturated carbocycles. The normalized spacial score (nSPS) is 13.1. The van der Waals surface area contributed by atoms with E-state index in [1.165, 1.54) is 4.90 Å². The van der Waals surface area contributed by atoms with E-state index in [1.54, 1.807) is 12.1 Å². The molecule has 0 spiro atoms. The topological polar surface area (TPSA) is 86.8 Å². The van der Waals surface area contributed by atoms with Gasteiger partial charge in [0.05, 0.1) is 6.61 Å². The second kappa shape index (κ2) is 6.04. The van der Waals surface area contributed by atoms with E-state index in [1.807, 2.05) is 32.9 Å². The van der Waals surface area contributed by atoms with E-state index in [0.717, 1.165) is 5.56 Å². The maximum absolute atomic E-state index is 11.3. The van der Waals surface area contributed by atoms with Crippen LogP contribution in [0.3, 0.4) is 0 Å². The molecule has 0 aliphatic carbocycles. The third-order valence-corrected chi connectivity index (χ3v) is 2.79. The lowest BCUT2D eigenvalue weighted by Gasteiger charge is -2.33. The van der Waals surface area contributed by atoms with Gasteiger partial charge in [0.1, 0.15) is 0 Å². The molecule has 0 aromatic heterocycles.